The topological polar surface area (TPSA) is 134 Å². The highest BCUT2D eigenvalue weighted by Gasteiger charge is 2.26. The number of carbonyl (C=O) groups is 2. The van der Waals surface area contributed by atoms with Crippen molar-refractivity contribution in [3.63, 3.8) is 0 Å². The molecule has 0 spiro atoms. The van der Waals surface area contributed by atoms with Gasteiger partial charge in [-0.2, -0.15) is 0 Å². The lowest BCUT2D eigenvalue weighted by atomic mass is 10.0. The van der Waals surface area contributed by atoms with Crippen molar-refractivity contribution in [3.05, 3.63) is 0 Å². The molecule has 0 aliphatic rings. The van der Waals surface area contributed by atoms with Crippen molar-refractivity contribution in [2.45, 2.75) is 424 Å². The molecule has 0 aromatic rings. The number of ether oxygens (including phenoxy) is 2. The highest BCUT2D eigenvalue weighted by atomic mass is 31.2. The van der Waals surface area contributed by atoms with Crippen LogP contribution in [0.25, 0.3) is 0 Å². The van der Waals surface area contributed by atoms with Gasteiger partial charge in [-0.15, -0.1) is 0 Å². The van der Waals surface area contributed by atoms with Crippen LogP contribution in [0.1, 0.15) is 418 Å². The maximum absolute atomic E-state index is 12.8. The predicted octanol–water partition coefficient (Wildman–Crippen LogP) is 24.1. The summed E-state index contributed by atoms with van der Waals surface area (Å²) in [5.41, 5.74) is 5.40. The van der Waals surface area contributed by atoms with Gasteiger partial charge in [-0.3, -0.25) is 18.6 Å². The van der Waals surface area contributed by atoms with E-state index in [4.69, 9.17) is 24.3 Å². The van der Waals surface area contributed by atoms with Crippen molar-refractivity contribution in [1.82, 2.24) is 0 Å². The Hall–Kier alpha value is -0.990. The second-order valence-electron chi connectivity index (χ2n) is 25.5. The fraction of sp³-hybridized carbons (Fsp3) is 0.972. The fourth-order valence-electron chi connectivity index (χ4n) is 11.8. The van der Waals surface area contributed by atoms with Gasteiger partial charge in [0.1, 0.15) is 6.61 Å². The van der Waals surface area contributed by atoms with Gasteiger partial charge in [-0.05, 0) is 12.8 Å². The first-order chi connectivity index (χ1) is 40.3. The van der Waals surface area contributed by atoms with E-state index in [0.717, 1.165) is 32.1 Å². The Bertz CT molecular complexity index is 1300. The van der Waals surface area contributed by atoms with Gasteiger partial charge in [0.05, 0.1) is 13.2 Å². The number of hydrogen-bond donors (Lipinski definition) is 2. The first-order valence-corrected chi connectivity index (χ1v) is 38.5. The molecule has 3 N–H and O–H groups in total. The molecule has 0 amide bonds. The lowest BCUT2D eigenvalue weighted by Gasteiger charge is -2.19. The summed E-state index contributed by atoms with van der Waals surface area (Å²) in [6.07, 6.45) is 82.4. The second-order valence-corrected chi connectivity index (χ2v) is 27.0. The van der Waals surface area contributed by atoms with Crippen LogP contribution < -0.4 is 5.73 Å². The standard InChI is InChI=1S/C72H144NO8P/c1-3-5-7-9-11-13-15-17-19-21-23-25-26-27-28-29-30-31-32-33-34-35-36-37-38-39-40-41-42-43-44-45-47-49-51-53-55-57-59-61-63-65-72(75)81-70(69-80-82(76,77)79-67-66-73)68-78-71(74)64-62-60-58-56-54-52-50-48-46-24-22-20-18-16-14-12-10-8-6-4-2/h70H,3-69,73H2,1-2H3,(H,76,77). The summed E-state index contributed by atoms with van der Waals surface area (Å²) in [7, 11) is -4.38. The molecule has 0 aromatic heterocycles. The average molecular weight is 1180 g/mol. The molecule has 0 saturated carbocycles. The van der Waals surface area contributed by atoms with E-state index in [-0.39, 0.29) is 32.1 Å². The number of carbonyl (C=O) groups excluding carboxylic acids is 2. The van der Waals surface area contributed by atoms with Crippen molar-refractivity contribution in [1.29, 1.82) is 0 Å². The molecule has 0 saturated heterocycles. The third-order valence-corrected chi connectivity index (χ3v) is 18.2. The molecule has 0 radical (unpaired) electrons. The van der Waals surface area contributed by atoms with Crippen LogP contribution in [0.15, 0.2) is 0 Å². The summed E-state index contributed by atoms with van der Waals surface area (Å²) in [6, 6.07) is 0. The van der Waals surface area contributed by atoms with Gasteiger partial charge in [-0.1, -0.05) is 393 Å². The van der Waals surface area contributed by atoms with Gasteiger partial charge in [0, 0.05) is 19.4 Å². The van der Waals surface area contributed by atoms with Crippen LogP contribution in [0.4, 0.5) is 0 Å². The van der Waals surface area contributed by atoms with Crippen LogP contribution in [-0.4, -0.2) is 49.3 Å². The Morgan fingerprint density at radius 2 is 0.524 bits per heavy atom. The third-order valence-electron chi connectivity index (χ3n) is 17.2. The quantitative estimate of drug-likeness (QED) is 0.0347. The van der Waals surface area contributed by atoms with E-state index >= 15 is 0 Å². The number of phosphoric ester groups is 1. The summed E-state index contributed by atoms with van der Waals surface area (Å²) in [6.45, 7) is 3.84. The van der Waals surface area contributed by atoms with Gasteiger partial charge in [0.25, 0.3) is 0 Å². The summed E-state index contributed by atoms with van der Waals surface area (Å²) in [5, 5.41) is 0. The highest BCUT2D eigenvalue weighted by Crippen LogP contribution is 2.43. The Morgan fingerprint density at radius 3 is 0.744 bits per heavy atom. The van der Waals surface area contributed by atoms with Crippen LogP contribution in [0.2, 0.25) is 0 Å². The lowest BCUT2D eigenvalue weighted by molar-refractivity contribution is -0.161. The molecule has 10 heteroatoms. The molecular formula is C72H144NO8P. The molecule has 0 heterocycles. The maximum Gasteiger partial charge on any atom is 0.472 e. The Labute approximate surface area is 511 Å². The van der Waals surface area contributed by atoms with Gasteiger partial charge in [-0.25, -0.2) is 4.57 Å². The van der Waals surface area contributed by atoms with E-state index in [0.29, 0.717) is 12.8 Å². The zero-order chi connectivity index (χ0) is 59.4. The number of hydrogen-bond acceptors (Lipinski definition) is 8. The summed E-state index contributed by atoms with van der Waals surface area (Å²) >= 11 is 0. The van der Waals surface area contributed by atoms with Crippen LogP contribution in [-0.2, 0) is 32.7 Å². The first kappa shape index (κ1) is 81.0. The smallest absolute Gasteiger partial charge is 0.462 e. The third kappa shape index (κ3) is 68.1. The van der Waals surface area contributed by atoms with Gasteiger partial charge < -0.3 is 20.1 Å². The molecule has 0 rings (SSSR count). The van der Waals surface area contributed by atoms with Gasteiger partial charge in [0.2, 0.25) is 0 Å². The predicted molar refractivity (Wildman–Crippen MR) is 354 cm³/mol. The van der Waals surface area contributed by atoms with Crippen LogP contribution in [0, 0.1) is 0 Å². The largest absolute Gasteiger partial charge is 0.472 e. The minimum Gasteiger partial charge on any atom is -0.462 e. The monoisotopic (exact) mass is 1180 g/mol. The number of unbranched alkanes of at least 4 members (excludes halogenated alkanes) is 59. The summed E-state index contributed by atoms with van der Waals surface area (Å²) in [4.78, 5) is 35.3. The SMILES string of the molecule is CCCCCCCCCCCCCCCCCCCCCCCCCCCCCCCCCCCCCCCCCCCC(=O)OC(COC(=O)CCCCCCCCCCCCCCCCCCCCCC)COP(=O)(O)OCCN. The fourth-order valence-corrected chi connectivity index (χ4v) is 12.5. The van der Waals surface area contributed by atoms with Crippen molar-refractivity contribution in [3.8, 4) is 0 Å². The molecule has 0 fully saturated rings. The van der Waals surface area contributed by atoms with Crippen molar-refractivity contribution in [2.24, 2.45) is 5.73 Å². The molecule has 2 unspecified atom stereocenters. The molecule has 82 heavy (non-hydrogen) atoms. The number of rotatable bonds is 72. The number of phosphoric acid groups is 1. The van der Waals surface area contributed by atoms with E-state index in [1.54, 1.807) is 0 Å². The van der Waals surface area contributed by atoms with Crippen LogP contribution >= 0.6 is 7.82 Å². The molecule has 0 aliphatic heterocycles. The minimum atomic E-state index is -4.38. The molecule has 490 valence electrons. The van der Waals surface area contributed by atoms with Crippen molar-refractivity contribution >= 4 is 19.8 Å². The molecule has 0 bridgehead atoms. The van der Waals surface area contributed by atoms with Gasteiger partial charge in [0.15, 0.2) is 6.10 Å². The maximum atomic E-state index is 12.8. The van der Waals surface area contributed by atoms with E-state index in [2.05, 4.69) is 13.8 Å². The van der Waals surface area contributed by atoms with Crippen molar-refractivity contribution < 1.29 is 37.6 Å². The zero-order valence-electron chi connectivity index (χ0n) is 55.3. The van der Waals surface area contributed by atoms with Crippen LogP contribution in [0.3, 0.4) is 0 Å². The second kappa shape index (κ2) is 69.1. The first-order valence-electron chi connectivity index (χ1n) is 37.0. The number of esters is 2. The molecule has 0 aromatic carbocycles. The average Bonchev–Trinajstić information content (AvgIpc) is 3.47. The zero-order valence-corrected chi connectivity index (χ0v) is 56.2. The number of nitrogens with two attached hydrogens (primary N) is 1. The normalized spacial score (nSPS) is 12.8. The van der Waals surface area contributed by atoms with E-state index in [9.17, 15) is 19.0 Å². The Kier molecular flexibility index (Phi) is 68.3. The van der Waals surface area contributed by atoms with E-state index in [1.807, 2.05) is 0 Å². The van der Waals surface area contributed by atoms with E-state index < -0.39 is 26.5 Å². The summed E-state index contributed by atoms with van der Waals surface area (Å²) in [5.74, 6) is -0.798. The Morgan fingerprint density at radius 1 is 0.317 bits per heavy atom. The Balaban J connectivity index is 3.69. The molecule has 9 nitrogen and oxygen atoms in total. The molecule has 2 atom stereocenters. The molecular weight excluding hydrogens is 1040 g/mol. The highest BCUT2D eigenvalue weighted by molar-refractivity contribution is 7.47. The summed E-state index contributed by atoms with van der Waals surface area (Å²) < 4.78 is 33.2. The van der Waals surface area contributed by atoms with Crippen LogP contribution in [0.5, 0.6) is 0 Å². The molecule has 0 aliphatic carbocycles. The minimum absolute atomic E-state index is 0.0588. The van der Waals surface area contributed by atoms with Gasteiger partial charge >= 0.3 is 19.8 Å². The van der Waals surface area contributed by atoms with Crippen molar-refractivity contribution in [2.75, 3.05) is 26.4 Å². The lowest BCUT2D eigenvalue weighted by Crippen LogP contribution is -2.29. The van der Waals surface area contributed by atoms with E-state index in [1.165, 1.54) is 353 Å².